The van der Waals surface area contributed by atoms with Crippen molar-refractivity contribution in [1.82, 2.24) is 0 Å². The van der Waals surface area contributed by atoms with E-state index in [1.165, 1.54) is 0 Å². The summed E-state index contributed by atoms with van der Waals surface area (Å²) in [6.07, 6.45) is 1.77. The Morgan fingerprint density at radius 2 is 2.29 bits per heavy atom. The number of carbonyl (C=O) groups is 1. The molecule has 0 aliphatic carbocycles. The molecular formula is C11H16N2O. The van der Waals surface area contributed by atoms with Gasteiger partial charge >= 0.3 is 0 Å². The highest BCUT2D eigenvalue weighted by Crippen LogP contribution is 2.15. The minimum atomic E-state index is 0.662. The molecule has 0 aliphatic heterocycles. The molecule has 0 bridgehead atoms. The summed E-state index contributed by atoms with van der Waals surface area (Å²) in [7, 11) is 0. The Bertz CT molecular complexity index is 310. The van der Waals surface area contributed by atoms with Gasteiger partial charge in [0.1, 0.15) is 0 Å². The smallest absolute Gasteiger partial charge is 0.152 e. The van der Waals surface area contributed by atoms with Gasteiger partial charge in [-0.25, -0.2) is 0 Å². The summed E-state index contributed by atoms with van der Waals surface area (Å²) < 4.78 is 0. The fourth-order valence-corrected chi connectivity index (χ4v) is 1.25. The molecule has 0 amide bonds. The normalized spacial score (nSPS) is 9.86. The van der Waals surface area contributed by atoms with E-state index in [1.807, 2.05) is 25.1 Å². The van der Waals surface area contributed by atoms with Gasteiger partial charge in [0.2, 0.25) is 0 Å². The van der Waals surface area contributed by atoms with Crippen LogP contribution in [0.2, 0.25) is 0 Å². The van der Waals surface area contributed by atoms with Crippen LogP contribution in [0.5, 0.6) is 0 Å². The molecule has 3 heteroatoms. The van der Waals surface area contributed by atoms with Gasteiger partial charge < -0.3 is 11.1 Å². The summed E-state index contributed by atoms with van der Waals surface area (Å²) in [6.45, 7) is 3.47. The van der Waals surface area contributed by atoms with Crippen molar-refractivity contribution < 1.29 is 4.79 Å². The molecular weight excluding hydrogens is 176 g/mol. The minimum Gasteiger partial charge on any atom is -0.384 e. The van der Waals surface area contributed by atoms with Crippen LogP contribution < -0.4 is 11.1 Å². The Morgan fingerprint density at radius 3 is 2.93 bits per heavy atom. The second-order valence-electron chi connectivity index (χ2n) is 3.28. The van der Waals surface area contributed by atoms with Crippen LogP contribution in [0.4, 0.5) is 5.69 Å². The second-order valence-corrected chi connectivity index (χ2v) is 3.28. The van der Waals surface area contributed by atoms with Crippen LogP contribution in [0.3, 0.4) is 0 Å². The van der Waals surface area contributed by atoms with Crippen molar-refractivity contribution in [3.63, 3.8) is 0 Å². The van der Waals surface area contributed by atoms with Crippen LogP contribution in [-0.2, 0) is 0 Å². The van der Waals surface area contributed by atoms with E-state index in [9.17, 15) is 4.79 Å². The first-order valence-corrected chi connectivity index (χ1v) is 4.77. The number of aryl methyl sites for hydroxylation is 1. The Morgan fingerprint density at radius 1 is 1.50 bits per heavy atom. The number of carbonyl (C=O) groups excluding carboxylic acids is 1. The van der Waals surface area contributed by atoms with Crippen LogP contribution in [0.25, 0.3) is 0 Å². The largest absolute Gasteiger partial charge is 0.384 e. The second kappa shape index (κ2) is 5.40. The Hall–Kier alpha value is -1.35. The standard InChI is InChI=1S/C11H16N2O/c1-9-3-4-10(8-14)11(7-9)13-6-2-5-12/h3-4,7-8,13H,2,5-6,12H2,1H3. The van der Waals surface area contributed by atoms with E-state index in [4.69, 9.17) is 5.73 Å². The Labute approximate surface area is 84.3 Å². The highest BCUT2D eigenvalue weighted by atomic mass is 16.1. The van der Waals surface area contributed by atoms with Gasteiger partial charge in [0.05, 0.1) is 0 Å². The third-order valence-corrected chi connectivity index (χ3v) is 2.03. The van der Waals surface area contributed by atoms with Gasteiger partial charge in [0.15, 0.2) is 6.29 Å². The molecule has 1 rings (SSSR count). The molecule has 0 unspecified atom stereocenters. The first kappa shape index (κ1) is 10.7. The molecule has 0 saturated carbocycles. The van der Waals surface area contributed by atoms with Gasteiger partial charge in [0.25, 0.3) is 0 Å². The summed E-state index contributed by atoms with van der Waals surface area (Å²) in [6, 6.07) is 5.73. The SMILES string of the molecule is Cc1ccc(C=O)c(NCCCN)c1. The quantitative estimate of drug-likeness (QED) is 0.550. The lowest BCUT2D eigenvalue weighted by molar-refractivity contribution is 0.112. The lowest BCUT2D eigenvalue weighted by atomic mass is 10.1. The van der Waals surface area contributed by atoms with E-state index in [0.29, 0.717) is 12.1 Å². The average Bonchev–Trinajstić information content (AvgIpc) is 2.19. The molecule has 76 valence electrons. The lowest BCUT2D eigenvalue weighted by Crippen LogP contribution is -2.09. The first-order chi connectivity index (χ1) is 6.77. The van der Waals surface area contributed by atoms with E-state index in [0.717, 1.165) is 30.5 Å². The maximum atomic E-state index is 10.7. The van der Waals surface area contributed by atoms with Gasteiger partial charge in [-0.1, -0.05) is 6.07 Å². The van der Waals surface area contributed by atoms with Crippen molar-refractivity contribution in [3.8, 4) is 0 Å². The summed E-state index contributed by atoms with van der Waals surface area (Å²) in [4.78, 5) is 10.7. The highest BCUT2D eigenvalue weighted by molar-refractivity contribution is 5.84. The van der Waals surface area contributed by atoms with Crippen LogP contribution in [0, 0.1) is 6.92 Å². The van der Waals surface area contributed by atoms with Crippen LogP contribution in [0.15, 0.2) is 18.2 Å². The van der Waals surface area contributed by atoms with E-state index in [2.05, 4.69) is 5.32 Å². The first-order valence-electron chi connectivity index (χ1n) is 4.77. The van der Waals surface area contributed by atoms with Gasteiger partial charge in [-0.2, -0.15) is 0 Å². The molecule has 0 spiro atoms. The molecule has 0 aliphatic rings. The van der Waals surface area contributed by atoms with Gasteiger partial charge in [-0.05, 0) is 37.6 Å². The number of rotatable bonds is 5. The minimum absolute atomic E-state index is 0.662. The Balaban J connectivity index is 2.72. The summed E-state index contributed by atoms with van der Waals surface area (Å²) >= 11 is 0. The van der Waals surface area contributed by atoms with Crippen LogP contribution >= 0.6 is 0 Å². The molecule has 3 nitrogen and oxygen atoms in total. The van der Waals surface area contributed by atoms with Gasteiger partial charge in [-0.15, -0.1) is 0 Å². The maximum absolute atomic E-state index is 10.7. The predicted octanol–water partition coefficient (Wildman–Crippen LogP) is 1.57. The molecule has 0 saturated heterocycles. The highest BCUT2D eigenvalue weighted by Gasteiger charge is 2.00. The Kier molecular flexibility index (Phi) is 4.13. The molecule has 1 aromatic rings. The fourth-order valence-electron chi connectivity index (χ4n) is 1.25. The molecule has 14 heavy (non-hydrogen) atoms. The maximum Gasteiger partial charge on any atom is 0.152 e. The molecule has 0 fully saturated rings. The number of anilines is 1. The molecule has 1 aromatic carbocycles. The van der Waals surface area contributed by atoms with Crippen molar-refractivity contribution >= 4 is 12.0 Å². The number of aldehydes is 1. The molecule has 0 aromatic heterocycles. The zero-order valence-corrected chi connectivity index (χ0v) is 8.42. The average molecular weight is 192 g/mol. The third kappa shape index (κ3) is 2.85. The van der Waals surface area contributed by atoms with Crippen LogP contribution in [0.1, 0.15) is 22.3 Å². The molecule has 0 radical (unpaired) electrons. The van der Waals surface area contributed by atoms with Gasteiger partial charge in [0, 0.05) is 17.8 Å². The zero-order chi connectivity index (χ0) is 10.4. The number of hydrogen-bond acceptors (Lipinski definition) is 3. The monoisotopic (exact) mass is 192 g/mol. The van der Waals surface area contributed by atoms with Crippen molar-refractivity contribution in [2.75, 3.05) is 18.4 Å². The van der Waals surface area contributed by atoms with E-state index < -0.39 is 0 Å². The number of benzene rings is 1. The van der Waals surface area contributed by atoms with Crippen molar-refractivity contribution in [2.24, 2.45) is 5.73 Å². The summed E-state index contributed by atoms with van der Waals surface area (Å²) in [5.74, 6) is 0. The van der Waals surface area contributed by atoms with Crippen molar-refractivity contribution in [1.29, 1.82) is 0 Å². The fraction of sp³-hybridized carbons (Fsp3) is 0.364. The van der Waals surface area contributed by atoms with Crippen LogP contribution in [-0.4, -0.2) is 19.4 Å². The topological polar surface area (TPSA) is 55.1 Å². The lowest BCUT2D eigenvalue weighted by Gasteiger charge is -2.08. The summed E-state index contributed by atoms with van der Waals surface area (Å²) in [5.41, 5.74) is 8.13. The van der Waals surface area contributed by atoms with E-state index >= 15 is 0 Å². The summed E-state index contributed by atoms with van der Waals surface area (Å²) in [5, 5.41) is 3.19. The van der Waals surface area contributed by atoms with Crippen molar-refractivity contribution in [2.45, 2.75) is 13.3 Å². The molecule has 0 atom stereocenters. The molecule has 0 heterocycles. The zero-order valence-electron chi connectivity index (χ0n) is 8.42. The number of hydrogen-bond donors (Lipinski definition) is 2. The van der Waals surface area contributed by atoms with E-state index in [1.54, 1.807) is 0 Å². The van der Waals surface area contributed by atoms with Gasteiger partial charge in [-0.3, -0.25) is 4.79 Å². The van der Waals surface area contributed by atoms with E-state index in [-0.39, 0.29) is 0 Å². The van der Waals surface area contributed by atoms with Crippen molar-refractivity contribution in [3.05, 3.63) is 29.3 Å². The predicted molar refractivity (Wildman–Crippen MR) is 58.7 cm³/mol. The molecule has 3 N–H and O–H groups in total. The third-order valence-electron chi connectivity index (χ3n) is 2.03. The number of nitrogens with one attached hydrogen (secondary N) is 1. The number of nitrogens with two attached hydrogens (primary N) is 1.